The largest absolute Gasteiger partial charge is 0.458 e. The Hall–Kier alpha value is -3.63. The zero-order chi connectivity index (χ0) is 31.4. The maximum Gasteiger partial charge on any atom is 0.329 e. The molecular weight excluding hydrogens is 559 g/mol. The Bertz CT molecular complexity index is 1320. The molecular formula is C34H47FN6O3. The number of anilines is 2. The van der Waals surface area contributed by atoms with Crippen LogP contribution in [0.4, 0.5) is 16.0 Å². The highest BCUT2D eigenvalue weighted by atomic mass is 19.1. The number of aryl methyl sites for hydroxylation is 2. The van der Waals surface area contributed by atoms with Gasteiger partial charge in [-0.1, -0.05) is 6.07 Å². The summed E-state index contributed by atoms with van der Waals surface area (Å²) in [5, 5.41) is 6.70. The number of aromatic nitrogens is 3. The third-order valence-corrected chi connectivity index (χ3v) is 7.43. The zero-order valence-electron chi connectivity index (χ0n) is 26.5. The predicted molar refractivity (Wildman–Crippen MR) is 173 cm³/mol. The first kappa shape index (κ1) is 33.3. The van der Waals surface area contributed by atoms with Gasteiger partial charge in [-0.2, -0.15) is 0 Å². The highest BCUT2D eigenvalue weighted by Crippen LogP contribution is 2.23. The van der Waals surface area contributed by atoms with Crippen molar-refractivity contribution in [3.8, 4) is 11.1 Å². The van der Waals surface area contributed by atoms with Crippen molar-refractivity contribution < 1.29 is 18.7 Å². The van der Waals surface area contributed by atoms with Crippen molar-refractivity contribution in [2.24, 2.45) is 0 Å². The Kier molecular flexibility index (Phi) is 12.4. The minimum atomic E-state index is -1.12. The summed E-state index contributed by atoms with van der Waals surface area (Å²) in [6, 6.07) is 11.3. The summed E-state index contributed by atoms with van der Waals surface area (Å²) in [4.78, 5) is 28.8. The standard InChI is InChI=1S/C34H47FN6O3/c1-34(2,3)44-33(42)30(40-31-22-27(14-19-37-31)25-12-17-36-18-13-25)15-21-41(23-28(35)24-43-4)20-6-5-9-29-11-10-26-8-7-16-38-32(26)39-29/h10-14,17-19,22,28,30H,5-9,15-16,20-21,23-24H2,1-4H3,(H,37,40)(H,38,39)/t28-,30-/m0/s1. The van der Waals surface area contributed by atoms with E-state index < -0.39 is 17.8 Å². The Morgan fingerprint density at radius 2 is 1.89 bits per heavy atom. The SMILES string of the molecule is COC[C@@H](F)CN(CCCCc1ccc2c(n1)NCCC2)CC[C@H](Nc1cc(-c2ccncc2)ccn1)C(=O)OC(C)(C)C. The van der Waals surface area contributed by atoms with E-state index in [1.807, 2.05) is 45.0 Å². The number of hydrogen-bond donors (Lipinski definition) is 2. The Morgan fingerprint density at radius 1 is 1.09 bits per heavy atom. The highest BCUT2D eigenvalue weighted by molar-refractivity contribution is 5.79. The second-order valence-electron chi connectivity index (χ2n) is 12.3. The Morgan fingerprint density at radius 3 is 2.66 bits per heavy atom. The minimum Gasteiger partial charge on any atom is -0.458 e. The number of halogens is 1. The minimum absolute atomic E-state index is 0.0298. The first-order valence-corrected chi connectivity index (χ1v) is 15.6. The maximum absolute atomic E-state index is 14.7. The molecule has 4 heterocycles. The van der Waals surface area contributed by atoms with Gasteiger partial charge in [-0.25, -0.2) is 19.2 Å². The average molecular weight is 607 g/mol. The highest BCUT2D eigenvalue weighted by Gasteiger charge is 2.27. The third kappa shape index (κ3) is 10.8. The molecule has 3 aromatic rings. The van der Waals surface area contributed by atoms with Crippen molar-refractivity contribution in [2.45, 2.75) is 77.1 Å². The van der Waals surface area contributed by atoms with Crippen LogP contribution in [0.25, 0.3) is 11.1 Å². The van der Waals surface area contributed by atoms with E-state index in [-0.39, 0.29) is 19.1 Å². The number of methoxy groups -OCH3 is 1. The van der Waals surface area contributed by atoms with Crippen molar-refractivity contribution in [1.29, 1.82) is 0 Å². The zero-order valence-corrected chi connectivity index (χ0v) is 26.5. The summed E-state index contributed by atoms with van der Waals surface area (Å²) in [5.41, 5.74) is 3.66. The number of nitrogens with one attached hydrogen (secondary N) is 2. The van der Waals surface area contributed by atoms with E-state index in [9.17, 15) is 9.18 Å². The van der Waals surface area contributed by atoms with Gasteiger partial charge in [0.1, 0.15) is 29.5 Å². The number of esters is 1. The molecule has 0 spiro atoms. The summed E-state index contributed by atoms with van der Waals surface area (Å²) in [7, 11) is 1.51. The van der Waals surface area contributed by atoms with E-state index >= 15 is 0 Å². The number of nitrogens with zero attached hydrogens (tertiary/aromatic N) is 4. The predicted octanol–water partition coefficient (Wildman–Crippen LogP) is 5.72. The van der Waals surface area contributed by atoms with Crippen LogP contribution < -0.4 is 10.6 Å². The van der Waals surface area contributed by atoms with Gasteiger partial charge in [-0.05, 0) is 113 Å². The first-order chi connectivity index (χ1) is 21.2. The summed E-state index contributed by atoms with van der Waals surface area (Å²) in [6.07, 6.45) is 9.38. The molecule has 0 aromatic carbocycles. The topological polar surface area (TPSA) is 102 Å². The quantitative estimate of drug-likeness (QED) is 0.157. The van der Waals surface area contributed by atoms with Gasteiger partial charge in [0.15, 0.2) is 0 Å². The maximum atomic E-state index is 14.7. The number of carbonyl (C=O) groups excluding carboxylic acids is 1. The van der Waals surface area contributed by atoms with Crippen molar-refractivity contribution in [3.63, 3.8) is 0 Å². The molecule has 0 saturated carbocycles. The van der Waals surface area contributed by atoms with Gasteiger partial charge >= 0.3 is 5.97 Å². The normalized spacial score (nSPS) is 14.4. The first-order valence-electron chi connectivity index (χ1n) is 15.6. The summed E-state index contributed by atoms with van der Waals surface area (Å²) < 4.78 is 25.6. The third-order valence-electron chi connectivity index (χ3n) is 7.43. The number of fused-ring (bicyclic) bond motifs is 1. The van der Waals surface area contributed by atoms with E-state index in [1.165, 1.54) is 12.7 Å². The van der Waals surface area contributed by atoms with Crippen molar-refractivity contribution in [1.82, 2.24) is 19.9 Å². The van der Waals surface area contributed by atoms with Crippen molar-refractivity contribution in [2.75, 3.05) is 50.5 Å². The molecule has 0 aliphatic carbocycles. The second kappa shape index (κ2) is 16.4. The lowest BCUT2D eigenvalue weighted by atomic mass is 10.1. The fourth-order valence-electron chi connectivity index (χ4n) is 5.30. The molecule has 0 radical (unpaired) electrons. The molecule has 2 N–H and O–H groups in total. The smallest absolute Gasteiger partial charge is 0.329 e. The number of alkyl halides is 1. The second-order valence-corrected chi connectivity index (χ2v) is 12.3. The average Bonchev–Trinajstić information content (AvgIpc) is 3.00. The van der Waals surface area contributed by atoms with Gasteiger partial charge in [0.2, 0.25) is 0 Å². The van der Waals surface area contributed by atoms with E-state index in [0.717, 1.165) is 61.3 Å². The van der Waals surface area contributed by atoms with E-state index in [2.05, 4.69) is 37.6 Å². The van der Waals surface area contributed by atoms with Gasteiger partial charge in [-0.15, -0.1) is 0 Å². The van der Waals surface area contributed by atoms with Gasteiger partial charge in [-0.3, -0.25) is 4.98 Å². The summed E-state index contributed by atoms with van der Waals surface area (Å²) in [5.74, 6) is 1.21. The molecule has 0 amide bonds. The lowest BCUT2D eigenvalue weighted by molar-refractivity contribution is -0.156. The fourth-order valence-corrected chi connectivity index (χ4v) is 5.30. The molecule has 1 aliphatic heterocycles. The molecule has 0 fully saturated rings. The monoisotopic (exact) mass is 606 g/mol. The van der Waals surface area contributed by atoms with E-state index in [1.54, 1.807) is 18.6 Å². The van der Waals surface area contributed by atoms with Crippen LogP contribution in [0.5, 0.6) is 0 Å². The Balaban J connectivity index is 1.40. The summed E-state index contributed by atoms with van der Waals surface area (Å²) >= 11 is 0. The molecule has 4 rings (SSSR count). The molecule has 0 bridgehead atoms. The van der Waals surface area contributed by atoms with Gasteiger partial charge in [0.05, 0.1) is 6.61 Å². The van der Waals surface area contributed by atoms with Crippen LogP contribution >= 0.6 is 0 Å². The number of ether oxygens (including phenoxy) is 2. The molecule has 238 valence electrons. The van der Waals surface area contributed by atoms with Crippen LogP contribution in [-0.2, 0) is 27.1 Å². The van der Waals surface area contributed by atoms with Gasteiger partial charge < -0.3 is 25.0 Å². The van der Waals surface area contributed by atoms with Crippen LogP contribution in [-0.4, -0.2) is 83.5 Å². The van der Waals surface area contributed by atoms with Crippen LogP contribution in [0, 0.1) is 0 Å². The van der Waals surface area contributed by atoms with E-state index in [4.69, 9.17) is 14.5 Å². The molecule has 44 heavy (non-hydrogen) atoms. The molecule has 0 unspecified atom stereocenters. The molecule has 2 atom stereocenters. The number of pyridine rings is 3. The number of hydrogen-bond acceptors (Lipinski definition) is 9. The van der Waals surface area contributed by atoms with E-state index in [0.29, 0.717) is 25.3 Å². The lowest BCUT2D eigenvalue weighted by Gasteiger charge is -2.28. The number of unbranched alkanes of at least 4 members (excludes halogenated alkanes) is 1. The fraction of sp³-hybridized carbons (Fsp3) is 0.529. The van der Waals surface area contributed by atoms with Crippen molar-refractivity contribution in [3.05, 3.63) is 66.2 Å². The van der Waals surface area contributed by atoms with Gasteiger partial charge in [0, 0.05) is 51.0 Å². The number of carbonyl (C=O) groups is 1. The van der Waals surface area contributed by atoms with Crippen LogP contribution in [0.1, 0.15) is 57.7 Å². The Labute approximate surface area is 261 Å². The molecule has 9 nitrogen and oxygen atoms in total. The van der Waals surface area contributed by atoms with Crippen LogP contribution in [0.2, 0.25) is 0 Å². The molecule has 3 aromatic heterocycles. The van der Waals surface area contributed by atoms with Gasteiger partial charge in [0.25, 0.3) is 0 Å². The van der Waals surface area contributed by atoms with Crippen LogP contribution in [0.3, 0.4) is 0 Å². The molecule has 0 saturated heterocycles. The van der Waals surface area contributed by atoms with Crippen LogP contribution in [0.15, 0.2) is 55.0 Å². The van der Waals surface area contributed by atoms with Crippen molar-refractivity contribution >= 4 is 17.6 Å². The number of rotatable bonds is 16. The lowest BCUT2D eigenvalue weighted by Crippen LogP contribution is -2.41. The molecule has 10 heteroatoms. The summed E-state index contributed by atoms with van der Waals surface area (Å²) in [6.45, 7) is 7.98. The molecule has 1 aliphatic rings.